The van der Waals surface area contributed by atoms with Crippen molar-refractivity contribution < 1.29 is 31.1 Å². The Hall–Kier alpha value is -3.53. The molecule has 0 aliphatic carbocycles. The largest absolute Gasteiger partial charge is 0.481 e. The van der Waals surface area contributed by atoms with Crippen molar-refractivity contribution in [3.63, 3.8) is 0 Å². The lowest BCUT2D eigenvalue weighted by Crippen LogP contribution is -2.30. The fraction of sp³-hybridized carbons (Fsp3) is 0.208. The van der Waals surface area contributed by atoms with Gasteiger partial charge in [-0.25, -0.2) is 8.42 Å². The summed E-state index contributed by atoms with van der Waals surface area (Å²) in [6.45, 7) is 3.57. The minimum atomic E-state index is -4.60. The van der Waals surface area contributed by atoms with Crippen molar-refractivity contribution in [3.05, 3.63) is 83.9 Å². The van der Waals surface area contributed by atoms with Crippen molar-refractivity contribution in [1.82, 2.24) is 0 Å². The van der Waals surface area contributed by atoms with Crippen LogP contribution in [-0.4, -0.2) is 20.4 Å². The molecular weight excluding hydrogens is 469 g/mol. The number of halogens is 3. The number of carbonyl (C=O) groups is 1. The van der Waals surface area contributed by atoms with E-state index >= 15 is 0 Å². The van der Waals surface area contributed by atoms with E-state index in [1.165, 1.54) is 30.3 Å². The molecule has 0 aliphatic heterocycles. The molecule has 0 aliphatic rings. The first-order chi connectivity index (χ1) is 16.0. The van der Waals surface area contributed by atoms with Gasteiger partial charge in [0.15, 0.2) is 6.10 Å². The molecule has 6 nitrogen and oxygen atoms in total. The van der Waals surface area contributed by atoms with Gasteiger partial charge in [0.05, 0.1) is 10.5 Å². The molecule has 0 unspecified atom stereocenters. The summed E-state index contributed by atoms with van der Waals surface area (Å²) in [5, 5.41) is 2.65. The van der Waals surface area contributed by atoms with Crippen LogP contribution < -0.4 is 14.8 Å². The van der Waals surface area contributed by atoms with Gasteiger partial charge in [0.25, 0.3) is 15.9 Å². The van der Waals surface area contributed by atoms with Crippen LogP contribution in [0.15, 0.2) is 77.7 Å². The fourth-order valence-electron chi connectivity index (χ4n) is 3.09. The molecule has 34 heavy (non-hydrogen) atoms. The normalized spacial score (nSPS) is 12.6. The molecule has 1 atom stereocenters. The first-order valence-electron chi connectivity index (χ1n) is 10.3. The molecule has 0 spiro atoms. The number of alkyl halides is 3. The third-order valence-corrected chi connectivity index (χ3v) is 6.30. The summed E-state index contributed by atoms with van der Waals surface area (Å²) in [4.78, 5) is 12.3. The lowest BCUT2D eigenvalue weighted by molar-refractivity contribution is -0.137. The third-order valence-electron chi connectivity index (χ3n) is 4.90. The van der Waals surface area contributed by atoms with Gasteiger partial charge >= 0.3 is 6.18 Å². The summed E-state index contributed by atoms with van der Waals surface area (Å²) in [5.74, 6) is 0.179. The molecule has 3 rings (SSSR count). The number of nitrogens with one attached hydrogen (secondary N) is 2. The Bertz CT molecular complexity index is 1260. The van der Waals surface area contributed by atoms with Crippen LogP contribution in [-0.2, 0) is 27.4 Å². The number of anilines is 2. The number of carbonyl (C=O) groups excluding carboxylic acids is 1. The minimum absolute atomic E-state index is 0.177. The average molecular weight is 493 g/mol. The molecule has 2 N–H and O–H groups in total. The van der Waals surface area contributed by atoms with Crippen molar-refractivity contribution in [1.29, 1.82) is 0 Å². The van der Waals surface area contributed by atoms with Crippen molar-refractivity contribution in [2.75, 3.05) is 10.0 Å². The van der Waals surface area contributed by atoms with Gasteiger partial charge in [-0.1, -0.05) is 31.2 Å². The number of amides is 1. The molecule has 0 fully saturated rings. The zero-order chi connectivity index (χ0) is 24.9. The Balaban J connectivity index is 1.66. The van der Waals surface area contributed by atoms with Crippen LogP contribution in [0.1, 0.15) is 25.0 Å². The topological polar surface area (TPSA) is 84.5 Å². The molecule has 0 radical (unpaired) electrons. The summed E-state index contributed by atoms with van der Waals surface area (Å²) < 4.78 is 71.6. The zero-order valence-corrected chi connectivity index (χ0v) is 19.2. The van der Waals surface area contributed by atoms with E-state index in [9.17, 15) is 26.4 Å². The number of ether oxygens (including phenoxy) is 1. The van der Waals surface area contributed by atoms with Gasteiger partial charge in [-0.2, -0.15) is 13.2 Å². The standard InChI is InChI=1S/C24H23F3N2O4S/c1-3-17-7-4-5-10-22(17)33-16(2)23(30)28-19-11-13-21(14-12-19)34(31,32)29-20-9-6-8-18(15-20)24(25,26)27/h4-16,29H,3H2,1-2H3,(H,28,30)/t16-/m0/s1. The number of hydrogen-bond donors (Lipinski definition) is 2. The monoisotopic (exact) mass is 492 g/mol. The third kappa shape index (κ3) is 6.28. The molecule has 180 valence electrons. The van der Waals surface area contributed by atoms with Crippen molar-refractivity contribution in [2.45, 2.75) is 37.4 Å². The van der Waals surface area contributed by atoms with E-state index in [2.05, 4.69) is 10.0 Å². The summed E-state index contributed by atoms with van der Waals surface area (Å²) in [6.07, 6.45) is -4.66. The van der Waals surface area contributed by atoms with E-state index in [-0.39, 0.29) is 10.6 Å². The van der Waals surface area contributed by atoms with Crippen molar-refractivity contribution in [3.8, 4) is 5.75 Å². The maximum atomic E-state index is 12.9. The molecule has 0 bridgehead atoms. The van der Waals surface area contributed by atoms with Gasteiger partial charge in [0.2, 0.25) is 0 Å². The van der Waals surface area contributed by atoms with Gasteiger partial charge < -0.3 is 10.1 Å². The predicted molar refractivity (Wildman–Crippen MR) is 123 cm³/mol. The molecule has 1 amide bonds. The minimum Gasteiger partial charge on any atom is -0.481 e. The number of aryl methyl sites for hydroxylation is 1. The molecule has 0 saturated carbocycles. The quantitative estimate of drug-likeness (QED) is 0.437. The van der Waals surface area contributed by atoms with Crippen LogP contribution in [0.25, 0.3) is 0 Å². The molecule has 10 heteroatoms. The second kappa shape index (κ2) is 10.2. The number of benzene rings is 3. The zero-order valence-electron chi connectivity index (χ0n) is 18.4. The van der Waals surface area contributed by atoms with E-state index < -0.39 is 33.8 Å². The Morgan fingerprint density at radius 3 is 2.29 bits per heavy atom. The first kappa shape index (κ1) is 25.1. The summed E-state index contributed by atoms with van der Waals surface area (Å²) in [5.41, 5.74) is 0.112. The summed E-state index contributed by atoms with van der Waals surface area (Å²) in [6, 6.07) is 16.5. The highest BCUT2D eigenvalue weighted by molar-refractivity contribution is 7.92. The SMILES string of the molecule is CCc1ccccc1O[C@@H](C)C(=O)Nc1ccc(S(=O)(=O)Nc2cccc(C(F)(F)F)c2)cc1. The van der Waals surface area contributed by atoms with Crippen LogP contribution in [0, 0.1) is 0 Å². The maximum Gasteiger partial charge on any atom is 0.416 e. The highest BCUT2D eigenvalue weighted by atomic mass is 32.2. The van der Waals surface area contributed by atoms with Gasteiger partial charge in [-0.3, -0.25) is 9.52 Å². The second-order valence-electron chi connectivity index (χ2n) is 7.42. The smallest absolute Gasteiger partial charge is 0.416 e. The summed E-state index contributed by atoms with van der Waals surface area (Å²) >= 11 is 0. The first-order valence-corrected chi connectivity index (χ1v) is 11.8. The van der Waals surface area contributed by atoms with Crippen LogP contribution in [0.5, 0.6) is 5.75 Å². The molecule has 0 heterocycles. The van der Waals surface area contributed by atoms with Crippen molar-refractivity contribution in [2.24, 2.45) is 0 Å². The van der Waals surface area contributed by atoms with Crippen LogP contribution >= 0.6 is 0 Å². The van der Waals surface area contributed by atoms with Gasteiger partial charge in [-0.05, 0) is 67.4 Å². The Labute approximate surface area is 195 Å². The summed E-state index contributed by atoms with van der Waals surface area (Å²) in [7, 11) is -4.14. The van der Waals surface area contributed by atoms with E-state index in [1.54, 1.807) is 13.0 Å². The number of rotatable bonds is 8. The Morgan fingerprint density at radius 1 is 0.971 bits per heavy atom. The predicted octanol–water partition coefficient (Wildman–Crippen LogP) is 5.47. The van der Waals surface area contributed by atoms with E-state index in [4.69, 9.17) is 4.74 Å². The van der Waals surface area contributed by atoms with Gasteiger partial charge in [-0.15, -0.1) is 0 Å². The van der Waals surface area contributed by atoms with Crippen LogP contribution in [0.4, 0.5) is 24.5 Å². The van der Waals surface area contributed by atoms with Gasteiger partial charge in [0.1, 0.15) is 5.75 Å². The van der Waals surface area contributed by atoms with E-state index in [0.29, 0.717) is 17.5 Å². The maximum absolute atomic E-state index is 12.9. The Morgan fingerprint density at radius 2 is 1.65 bits per heavy atom. The Kier molecular flexibility index (Phi) is 7.51. The molecule has 0 aromatic heterocycles. The van der Waals surface area contributed by atoms with E-state index in [1.807, 2.05) is 25.1 Å². The lowest BCUT2D eigenvalue weighted by Gasteiger charge is -2.17. The molecule has 0 saturated heterocycles. The van der Waals surface area contributed by atoms with Crippen LogP contribution in [0.2, 0.25) is 0 Å². The van der Waals surface area contributed by atoms with Crippen molar-refractivity contribution >= 4 is 27.3 Å². The van der Waals surface area contributed by atoms with E-state index in [0.717, 1.165) is 24.1 Å². The number of hydrogen-bond acceptors (Lipinski definition) is 4. The number of sulfonamides is 1. The highest BCUT2D eigenvalue weighted by Gasteiger charge is 2.30. The average Bonchev–Trinajstić information content (AvgIpc) is 2.79. The number of para-hydroxylation sites is 1. The second-order valence-corrected chi connectivity index (χ2v) is 9.10. The fourth-order valence-corrected chi connectivity index (χ4v) is 4.14. The molecular formula is C24H23F3N2O4S. The highest BCUT2D eigenvalue weighted by Crippen LogP contribution is 2.31. The van der Waals surface area contributed by atoms with Gasteiger partial charge in [0, 0.05) is 11.4 Å². The lowest BCUT2D eigenvalue weighted by atomic mass is 10.1. The van der Waals surface area contributed by atoms with Crippen LogP contribution in [0.3, 0.4) is 0 Å². The molecule has 3 aromatic carbocycles. The molecule has 3 aromatic rings.